The molecule has 2 heterocycles. The molecule has 4 nitrogen and oxygen atoms in total. The van der Waals surface area contributed by atoms with E-state index >= 15 is 0 Å². The van der Waals surface area contributed by atoms with Crippen LogP contribution in [-0.2, 0) is 0 Å². The Labute approximate surface area is 142 Å². The number of nitrogens with one attached hydrogen (secondary N) is 1. The van der Waals surface area contributed by atoms with Crippen LogP contribution in [0.2, 0.25) is 0 Å². The van der Waals surface area contributed by atoms with Gasteiger partial charge in [0.25, 0.3) is 0 Å². The van der Waals surface area contributed by atoms with Gasteiger partial charge >= 0.3 is 0 Å². The standard InChI is InChI=1S/C20H20N4/c1-5-10-14(6-2)18-13-22-20-15-11-8-9-12-16(15)23-19(21-4)17(7-3)24(18)20/h5-13H,1-2H2,3-4H3,(H,21,23). The van der Waals surface area contributed by atoms with Gasteiger partial charge in [-0.15, -0.1) is 0 Å². The van der Waals surface area contributed by atoms with E-state index < -0.39 is 0 Å². The third-order valence-electron chi connectivity index (χ3n) is 3.98. The Kier molecular flexibility index (Phi) is 4.29. The molecule has 120 valence electrons. The van der Waals surface area contributed by atoms with Crippen molar-refractivity contribution in [2.75, 3.05) is 12.4 Å². The van der Waals surface area contributed by atoms with Gasteiger partial charge in [0.15, 0.2) is 0 Å². The largest absolute Gasteiger partial charge is 0.338 e. The third-order valence-corrected chi connectivity index (χ3v) is 3.98. The van der Waals surface area contributed by atoms with E-state index in [1.54, 1.807) is 13.1 Å². The van der Waals surface area contributed by atoms with Crippen LogP contribution in [0, 0.1) is 0 Å². The first-order valence-electron chi connectivity index (χ1n) is 7.78. The van der Waals surface area contributed by atoms with Crippen molar-refractivity contribution in [1.82, 2.24) is 9.55 Å². The highest BCUT2D eigenvalue weighted by atomic mass is 15.2. The highest BCUT2D eigenvalue weighted by Crippen LogP contribution is 2.35. The summed E-state index contributed by atoms with van der Waals surface area (Å²) in [7, 11) is 1.78. The highest BCUT2D eigenvalue weighted by molar-refractivity contribution is 6.26. The molecule has 0 bridgehead atoms. The van der Waals surface area contributed by atoms with E-state index in [9.17, 15) is 0 Å². The van der Waals surface area contributed by atoms with E-state index in [2.05, 4.69) is 39.1 Å². The fraction of sp³-hybridized carbons (Fsp3) is 0.100. The zero-order valence-electron chi connectivity index (χ0n) is 14.0. The second-order valence-electron chi connectivity index (χ2n) is 5.28. The molecular formula is C20H20N4. The van der Waals surface area contributed by atoms with Crippen molar-refractivity contribution in [2.45, 2.75) is 6.92 Å². The number of allylic oxidation sites excluding steroid dienone is 5. The molecule has 0 unspecified atom stereocenters. The average molecular weight is 316 g/mol. The monoisotopic (exact) mass is 316 g/mol. The fourth-order valence-electron chi connectivity index (χ4n) is 2.90. The molecule has 0 saturated carbocycles. The number of aliphatic imine (C=N–C) groups is 1. The maximum absolute atomic E-state index is 4.68. The lowest BCUT2D eigenvalue weighted by molar-refractivity contribution is 1.10. The summed E-state index contributed by atoms with van der Waals surface area (Å²) in [5.41, 5.74) is 4.88. The molecule has 24 heavy (non-hydrogen) atoms. The fourth-order valence-corrected chi connectivity index (χ4v) is 2.90. The smallest absolute Gasteiger partial charge is 0.149 e. The van der Waals surface area contributed by atoms with Crippen LogP contribution in [0.5, 0.6) is 0 Å². The van der Waals surface area contributed by atoms with Crippen molar-refractivity contribution < 1.29 is 0 Å². The van der Waals surface area contributed by atoms with Gasteiger partial charge in [-0.05, 0) is 24.6 Å². The first kappa shape index (κ1) is 15.7. The Balaban J connectivity index is 2.38. The molecule has 0 saturated heterocycles. The van der Waals surface area contributed by atoms with Crippen molar-refractivity contribution >= 4 is 22.8 Å². The van der Waals surface area contributed by atoms with Gasteiger partial charge in [0.2, 0.25) is 0 Å². The van der Waals surface area contributed by atoms with E-state index in [0.717, 1.165) is 39.9 Å². The summed E-state index contributed by atoms with van der Waals surface area (Å²) in [5.74, 6) is 1.67. The number of para-hydroxylation sites is 1. The molecule has 2 aromatic rings. The van der Waals surface area contributed by atoms with Gasteiger partial charge in [0.1, 0.15) is 11.7 Å². The molecule has 1 N–H and O–H groups in total. The Hall–Kier alpha value is -3.14. The number of aromatic nitrogens is 2. The summed E-state index contributed by atoms with van der Waals surface area (Å²) in [4.78, 5) is 9.11. The molecule has 4 heteroatoms. The number of hydrogen-bond acceptors (Lipinski definition) is 2. The highest BCUT2D eigenvalue weighted by Gasteiger charge is 2.25. The lowest BCUT2D eigenvalue weighted by Gasteiger charge is -2.14. The second kappa shape index (κ2) is 6.54. The lowest BCUT2D eigenvalue weighted by Crippen LogP contribution is -2.17. The number of benzene rings is 1. The van der Waals surface area contributed by atoms with Gasteiger partial charge < -0.3 is 5.32 Å². The normalized spacial score (nSPS) is 17.0. The topological polar surface area (TPSA) is 42.2 Å². The van der Waals surface area contributed by atoms with E-state index in [1.807, 2.05) is 49.5 Å². The van der Waals surface area contributed by atoms with Crippen molar-refractivity contribution in [2.24, 2.45) is 4.99 Å². The number of rotatable bonds is 3. The Bertz CT molecular complexity index is 894. The number of amidine groups is 1. The van der Waals surface area contributed by atoms with Crippen molar-refractivity contribution in [1.29, 1.82) is 0 Å². The average Bonchev–Trinajstić information content (AvgIpc) is 2.98. The van der Waals surface area contributed by atoms with E-state index in [0.29, 0.717) is 0 Å². The van der Waals surface area contributed by atoms with Gasteiger partial charge in [-0.25, -0.2) is 4.98 Å². The lowest BCUT2D eigenvalue weighted by atomic mass is 10.1. The van der Waals surface area contributed by atoms with Crippen LogP contribution < -0.4 is 5.32 Å². The first-order valence-corrected chi connectivity index (χ1v) is 7.78. The predicted molar refractivity (Wildman–Crippen MR) is 103 cm³/mol. The molecule has 1 aromatic heterocycles. The molecule has 3 rings (SSSR count). The second-order valence-corrected chi connectivity index (χ2v) is 5.28. The van der Waals surface area contributed by atoms with E-state index in [1.165, 1.54) is 0 Å². The number of anilines is 1. The van der Waals surface area contributed by atoms with Crippen molar-refractivity contribution in [3.8, 4) is 11.4 Å². The van der Waals surface area contributed by atoms with Gasteiger partial charge in [0, 0.05) is 12.6 Å². The molecule has 1 aliphatic rings. The number of imidazole rings is 1. The van der Waals surface area contributed by atoms with Gasteiger partial charge in [0.05, 0.1) is 23.3 Å². The number of hydrogen-bond donors (Lipinski definition) is 1. The first-order chi connectivity index (χ1) is 11.7. The Morgan fingerprint density at radius 2 is 2.08 bits per heavy atom. The van der Waals surface area contributed by atoms with Crippen LogP contribution >= 0.6 is 0 Å². The van der Waals surface area contributed by atoms with Crippen LogP contribution in [0.3, 0.4) is 0 Å². The Morgan fingerprint density at radius 1 is 1.29 bits per heavy atom. The zero-order valence-corrected chi connectivity index (χ0v) is 14.0. The Morgan fingerprint density at radius 3 is 2.75 bits per heavy atom. The summed E-state index contributed by atoms with van der Waals surface area (Å²) in [6, 6.07) is 8.10. The van der Waals surface area contributed by atoms with Crippen molar-refractivity contribution in [3.63, 3.8) is 0 Å². The summed E-state index contributed by atoms with van der Waals surface area (Å²) >= 11 is 0. The third kappa shape index (κ3) is 2.42. The van der Waals surface area contributed by atoms with E-state index in [-0.39, 0.29) is 0 Å². The summed E-state index contributed by atoms with van der Waals surface area (Å²) in [6.45, 7) is 9.71. The minimum absolute atomic E-state index is 0.796. The summed E-state index contributed by atoms with van der Waals surface area (Å²) in [6.07, 6.45) is 9.39. The molecule has 0 amide bonds. The molecular weight excluding hydrogens is 296 g/mol. The minimum Gasteiger partial charge on any atom is -0.338 e. The van der Waals surface area contributed by atoms with Crippen molar-refractivity contribution in [3.05, 3.63) is 73.6 Å². The number of fused-ring (bicyclic) bond motifs is 3. The maximum atomic E-state index is 4.68. The van der Waals surface area contributed by atoms with Crippen LogP contribution in [-0.4, -0.2) is 22.4 Å². The predicted octanol–water partition coefficient (Wildman–Crippen LogP) is 4.62. The van der Waals surface area contributed by atoms with Gasteiger partial charge in [-0.2, -0.15) is 0 Å². The van der Waals surface area contributed by atoms with Crippen LogP contribution in [0.4, 0.5) is 5.69 Å². The number of nitrogens with zero attached hydrogens (tertiary/aromatic N) is 3. The molecule has 1 aliphatic heterocycles. The quantitative estimate of drug-likeness (QED) is 0.840. The van der Waals surface area contributed by atoms with Crippen LogP contribution in [0.1, 0.15) is 12.6 Å². The maximum Gasteiger partial charge on any atom is 0.149 e. The van der Waals surface area contributed by atoms with Gasteiger partial charge in [-0.1, -0.05) is 49.6 Å². The zero-order chi connectivity index (χ0) is 17.1. The summed E-state index contributed by atoms with van der Waals surface area (Å²) in [5, 5.41) is 3.41. The summed E-state index contributed by atoms with van der Waals surface area (Å²) < 4.78 is 2.11. The SMILES string of the molecule is C=CC=C(C=C)c1cnc2n1C(=CC)C(=NC)Nc1ccccc1-2. The van der Waals surface area contributed by atoms with Crippen LogP contribution in [0.25, 0.3) is 22.7 Å². The van der Waals surface area contributed by atoms with Crippen LogP contribution in [0.15, 0.2) is 72.9 Å². The molecule has 0 atom stereocenters. The van der Waals surface area contributed by atoms with E-state index in [4.69, 9.17) is 0 Å². The molecule has 0 radical (unpaired) electrons. The van der Waals surface area contributed by atoms with Gasteiger partial charge in [-0.3, -0.25) is 9.56 Å². The minimum atomic E-state index is 0.796. The molecule has 0 spiro atoms. The molecule has 1 aromatic carbocycles. The molecule has 0 fully saturated rings. The molecule has 0 aliphatic carbocycles.